The summed E-state index contributed by atoms with van der Waals surface area (Å²) in [4.78, 5) is 14.1. The highest BCUT2D eigenvalue weighted by molar-refractivity contribution is 6.34. The molecule has 0 heterocycles. The SMILES string of the molecule is [C-]#[N+]C1=C(c2ccc(C)cc2)/C(=C(\[N+]#[C-])c2cc(C#N)cc([N+]#[C-])c2)c2c(F)c3c(c(F)c21)/C(=C(/C#N)c1cc(C#N)cc([N+]#[C-])c1)C(c1ccc(OC(F)(F)F)cc1)=C3C#N. The fourth-order valence-corrected chi connectivity index (χ4v) is 7.47. The second-order valence-corrected chi connectivity index (χ2v) is 13.4. The average Bonchev–Trinajstić information content (AvgIpc) is 3.80. The highest BCUT2D eigenvalue weighted by Gasteiger charge is 2.44. The number of nitrogens with zero attached hydrogens (tertiary/aromatic N) is 8. The standard InChI is InChI=1S/C48H17F5N8O/c1-24-6-8-28(9-7-24)37-42(46(60-4)30-15-26(21-55)17-32(19-30)59-3)41-43(47(37)61-5)45(50)40-38(34(22-56)29-14-25(20-54)16-31(18-29)58-2)36(35(23-57)39(40)44(41)49)27-10-12-33(13-11-27)62-48(51,52)53/h6-19H,1H3/b38-34-,46-42+. The summed E-state index contributed by atoms with van der Waals surface area (Å²) in [6.07, 6.45) is -5.09. The van der Waals surface area contributed by atoms with Gasteiger partial charge in [0.05, 0.1) is 49.6 Å². The summed E-state index contributed by atoms with van der Waals surface area (Å²) in [6.45, 7) is 33.7. The van der Waals surface area contributed by atoms with Gasteiger partial charge in [-0.05, 0) is 76.7 Å². The molecule has 0 radical (unpaired) electrons. The fraction of sp³-hybridized carbons (Fsp3) is 0.0417. The van der Waals surface area contributed by atoms with Gasteiger partial charge in [0.2, 0.25) is 5.70 Å². The molecule has 2 aliphatic carbocycles. The van der Waals surface area contributed by atoms with Gasteiger partial charge < -0.3 is 4.74 Å². The minimum atomic E-state index is -5.09. The molecule has 0 aromatic heterocycles. The van der Waals surface area contributed by atoms with Crippen molar-refractivity contribution in [2.75, 3.05) is 0 Å². The molecule has 0 atom stereocenters. The summed E-state index contributed by atoms with van der Waals surface area (Å²) in [6, 6.07) is 25.5. The Morgan fingerprint density at radius 2 is 1.15 bits per heavy atom. The maximum Gasteiger partial charge on any atom is 0.573 e. The van der Waals surface area contributed by atoms with E-state index in [1.54, 1.807) is 31.2 Å². The Bertz CT molecular complexity index is 3290. The zero-order chi connectivity index (χ0) is 44.6. The Balaban J connectivity index is 1.70. The summed E-state index contributed by atoms with van der Waals surface area (Å²) in [5, 5.41) is 41.3. The summed E-state index contributed by atoms with van der Waals surface area (Å²) in [7, 11) is 0. The number of ether oxygens (including phenoxy) is 1. The van der Waals surface area contributed by atoms with Crippen LogP contribution in [0.15, 0.2) is 84.9 Å². The minimum Gasteiger partial charge on any atom is -0.406 e. The molecule has 5 aromatic rings. The number of hydrogen-bond donors (Lipinski definition) is 0. The Morgan fingerprint density at radius 3 is 1.66 bits per heavy atom. The molecular formula is C48H17F5N8O. The third kappa shape index (κ3) is 6.72. The Morgan fingerprint density at radius 1 is 0.613 bits per heavy atom. The second-order valence-electron chi connectivity index (χ2n) is 13.4. The number of alkyl halides is 3. The molecule has 14 heteroatoms. The van der Waals surface area contributed by atoms with E-state index in [0.29, 0.717) is 0 Å². The molecule has 9 nitrogen and oxygen atoms in total. The molecular weight excluding hydrogens is 800 g/mol. The van der Waals surface area contributed by atoms with Gasteiger partial charge in [-0.15, -0.1) is 13.2 Å². The average molecular weight is 817 g/mol. The summed E-state index contributed by atoms with van der Waals surface area (Å²) >= 11 is 0. The molecule has 7 rings (SSSR count). The molecule has 0 aliphatic heterocycles. The number of benzene rings is 5. The molecule has 0 unspecified atom stereocenters. The van der Waals surface area contributed by atoms with Crippen LogP contribution in [0.2, 0.25) is 0 Å². The molecule has 0 saturated carbocycles. The number of aryl methyl sites for hydroxylation is 1. The van der Waals surface area contributed by atoms with Gasteiger partial charge >= 0.3 is 6.36 Å². The highest BCUT2D eigenvalue weighted by Crippen LogP contribution is 2.59. The van der Waals surface area contributed by atoms with E-state index < -0.39 is 68.4 Å². The Kier molecular flexibility index (Phi) is 10.3. The Hall–Kier alpha value is -9.57. The third-order valence-corrected chi connectivity index (χ3v) is 9.92. The monoisotopic (exact) mass is 816 g/mol. The van der Waals surface area contributed by atoms with Crippen molar-refractivity contribution >= 4 is 56.2 Å². The molecule has 0 saturated heterocycles. The molecule has 0 amide bonds. The van der Waals surface area contributed by atoms with Crippen LogP contribution >= 0.6 is 0 Å². The second kappa shape index (κ2) is 15.6. The van der Waals surface area contributed by atoms with Crippen molar-refractivity contribution in [2.24, 2.45) is 0 Å². The van der Waals surface area contributed by atoms with Gasteiger partial charge in [0.1, 0.15) is 29.5 Å². The number of allylic oxidation sites excluding steroid dienone is 6. The van der Waals surface area contributed by atoms with Crippen LogP contribution < -0.4 is 4.74 Å². The van der Waals surface area contributed by atoms with Crippen LogP contribution in [0.5, 0.6) is 5.75 Å². The molecule has 0 N–H and O–H groups in total. The lowest BCUT2D eigenvalue weighted by Crippen LogP contribution is -2.17. The van der Waals surface area contributed by atoms with Crippen LogP contribution in [0.3, 0.4) is 0 Å². The van der Waals surface area contributed by atoms with Crippen molar-refractivity contribution in [3.05, 3.63) is 203 Å². The van der Waals surface area contributed by atoms with Gasteiger partial charge in [0, 0.05) is 44.5 Å². The first-order valence-electron chi connectivity index (χ1n) is 17.6. The zero-order valence-electron chi connectivity index (χ0n) is 31.5. The van der Waals surface area contributed by atoms with E-state index in [1.807, 2.05) is 24.3 Å². The number of halogens is 5. The van der Waals surface area contributed by atoms with Gasteiger partial charge in [-0.3, -0.25) is 0 Å². The molecule has 0 fully saturated rings. The number of nitriles is 4. The smallest absolute Gasteiger partial charge is 0.406 e. The van der Waals surface area contributed by atoms with Gasteiger partial charge in [0.15, 0.2) is 17.1 Å². The largest absolute Gasteiger partial charge is 0.573 e. The van der Waals surface area contributed by atoms with Crippen molar-refractivity contribution in [2.45, 2.75) is 13.3 Å². The lowest BCUT2D eigenvalue weighted by atomic mass is 9.87. The van der Waals surface area contributed by atoms with E-state index in [0.717, 1.165) is 29.8 Å². The first kappa shape index (κ1) is 40.6. The quantitative estimate of drug-likeness (QED) is 0.0993. The van der Waals surface area contributed by atoms with Crippen LogP contribution in [0.25, 0.3) is 64.2 Å². The molecule has 5 aromatic carbocycles. The molecule has 290 valence electrons. The Labute approximate surface area is 349 Å². The topological polar surface area (TPSA) is 122 Å². The van der Waals surface area contributed by atoms with Crippen molar-refractivity contribution in [1.29, 1.82) is 21.0 Å². The van der Waals surface area contributed by atoms with Crippen molar-refractivity contribution in [1.82, 2.24) is 0 Å². The van der Waals surface area contributed by atoms with E-state index in [-0.39, 0.29) is 67.2 Å². The normalized spacial score (nSPS) is 14.1. The van der Waals surface area contributed by atoms with Crippen LogP contribution in [0, 0.1) is 90.2 Å². The number of rotatable bonds is 5. The third-order valence-electron chi connectivity index (χ3n) is 9.92. The first-order valence-corrected chi connectivity index (χ1v) is 17.6. The zero-order valence-corrected chi connectivity index (χ0v) is 31.5. The van der Waals surface area contributed by atoms with Gasteiger partial charge in [0.25, 0.3) is 0 Å². The van der Waals surface area contributed by atoms with E-state index in [1.165, 1.54) is 36.4 Å². The maximum atomic E-state index is 18.2. The minimum absolute atomic E-state index is 0.0352. The molecule has 0 spiro atoms. The first-order chi connectivity index (χ1) is 29.7. The van der Waals surface area contributed by atoms with Crippen molar-refractivity contribution < 1.29 is 26.7 Å². The summed E-state index contributed by atoms with van der Waals surface area (Å²) in [5.41, 5.74) is -5.30. The van der Waals surface area contributed by atoms with E-state index in [9.17, 15) is 34.2 Å². The predicted octanol–water partition coefficient (Wildman–Crippen LogP) is 12.5. The number of hydrogen-bond acceptors (Lipinski definition) is 5. The van der Waals surface area contributed by atoms with Crippen LogP contribution in [0.1, 0.15) is 61.2 Å². The number of fused-ring (bicyclic) bond motifs is 2. The van der Waals surface area contributed by atoms with Crippen LogP contribution in [0.4, 0.5) is 33.3 Å². The molecule has 62 heavy (non-hydrogen) atoms. The highest BCUT2D eigenvalue weighted by atomic mass is 19.4. The fourth-order valence-electron chi connectivity index (χ4n) is 7.47. The predicted molar refractivity (Wildman–Crippen MR) is 217 cm³/mol. The lowest BCUT2D eigenvalue weighted by Gasteiger charge is -2.17. The van der Waals surface area contributed by atoms with E-state index >= 15 is 8.78 Å². The van der Waals surface area contributed by atoms with Crippen molar-refractivity contribution in [3.63, 3.8) is 0 Å². The van der Waals surface area contributed by atoms with Gasteiger partial charge in [-0.25, -0.2) is 28.2 Å². The molecule has 2 aliphatic rings. The van der Waals surface area contributed by atoms with E-state index in [4.69, 9.17) is 26.3 Å². The maximum absolute atomic E-state index is 18.2. The van der Waals surface area contributed by atoms with Crippen LogP contribution in [-0.4, -0.2) is 6.36 Å². The van der Waals surface area contributed by atoms with Gasteiger partial charge in [-0.1, -0.05) is 54.1 Å². The summed E-state index contributed by atoms with van der Waals surface area (Å²) < 4.78 is 79.8. The lowest BCUT2D eigenvalue weighted by molar-refractivity contribution is -0.274. The summed E-state index contributed by atoms with van der Waals surface area (Å²) in [5.74, 6) is -3.31. The van der Waals surface area contributed by atoms with Gasteiger partial charge in [-0.2, -0.15) is 21.0 Å². The van der Waals surface area contributed by atoms with E-state index in [2.05, 4.69) is 24.1 Å². The van der Waals surface area contributed by atoms with Crippen molar-refractivity contribution in [3.8, 4) is 30.0 Å². The molecule has 0 bridgehead atoms. The van der Waals surface area contributed by atoms with Crippen LogP contribution in [-0.2, 0) is 0 Å².